The third kappa shape index (κ3) is 3.57. The van der Waals surface area contributed by atoms with E-state index in [1.807, 2.05) is 0 Å². The number of anilines is 3. The molecule has 5 nitrogen and oxygen atoms in total. The Morgan fingerprint density at radius 1 is 0.838 bits per heavy atom. The summed E-state index contributed by atoms with van der Waals surface area (Å²) in [6.07, 6.45) is 2.17. The van der Waals surface area contributed by atoms with Gasteiger partial charge in [-0.2, -0.15) is 4.98 Å². The summed E-state index contributed by atoms with van der Waals surface area (Å²) in [7, 11) is 2.12. The molecule has 4 heterocycles. The van der Waals surface area contributed by atoms with Crippen molar-refractivity contribution in [3.8, 4) is 11.6 Å². The summed E-state index contributed by atoms with van der Waals surface area (Å²) in [5.74, 6) is 3.26. The monoisotopic (exact) mass is 489 g/mol. The maximum absolute atomic E-state index is 6.84. The summed E-state index contributed by atoms with van der Waals surface area (Å²) in [6, 6.07) is 19.3. The molecule has 2 aliphatic rings. The molecule has 2 aromatic carbocycles. The van der Waals surface area contributed by atoms with Crippen molar-refractivity contribution < 1.29 is 9.30 Å². The van der Waals surface area contributed by atoms with Crippen LogP contribution in [-0.2, 0) is 17.9 Å². The van der Waals surface area contributed by atoms with E-state index < -0.39 is 0 Å². The Morgan fingerprint density at radius 2 is 1.57 bits per heavy atom. The molecule has 0 spiro atoms. The fraction of sp³-hybridized carbons (Fsp3) is 0.323. The van der Waals surface area contributed by atoms with Crippen molar-refractivity contribution in [2.24, 2.45) is 7.05 Å². The molecule has 4 aromatic rings. The van der Waals surface area contributed by atoms with Gasteiger partial charge < -0.3 is 4.74 Å². The maximum Gasteiger partial charge on any atom is 0.343 e. The van der Waals surface area contributed by atoms with Gasteiger partial charge in [-0.1, -0.05) is 77.4 Å². The van der Waals surface area contributed by atoms with E-state index in [1.165, 1.54) is 16.6 Å². The molecule has 2 aromatic heterocycles. The molecule has 0 N–H and O–H groups in total. The third-order valence-electron chi connectivity index (χ3n) is 7.51. The van der Waals surface area contributed by atoms with Crippen LogP contribution >= 0.6 is 0 Å². The molecule has 0 atom stereocenters. The largest absolute Gasteiger partial charge is 0.433 e. The molecule has 6 rings (SSSR count). The van der Waals surface area contributed by atoms with Crippen LogP contribution in [0.1, 0.15) is 58.5 Å². The Labute approximate surface area is 220 Å². The Bertz CT molecular complexity index is 1550. The number of rotatable bonds is 1. The standard InChI is InChI=1S/C31H34BN4O/c1-19-13-12-16-22-23(19)32-24-27(36(22)20-14-10-9-11-15-20)33-29(31(5,6)7)34-28(24)37-25-21(30(2,3)4)17-18-35(8)26(25)32/h9-18H,1-8H3/q+1. The summed E-state index contributed by atoms with van der Waals surface area (Å²) >= 11 is 0. The lowest BCUT2D eigenvalue weighted by Gasteiger charge is -2.39. The number of aromatic nitrogens is 3. The van der Waals surface area contributed by atoms with Gasteiger partial charge in [0, 0.05) is 33.9 Å². The van der Waals surface area contributed by atoms with E-state index in [2.05, 4.69) is 126 Å². The molecule has 0 fully saturated rings. The van der Waals surface area contributed by atoms with Crippen LogP contribution in [0.25, 0.3) is 0 Å². The summed E-state index contributed by atoms with van der Waals surface area (Å²) in [5.41, 5.74) is 7.79. The molecule has 0 radical (unpaired) electrons. The minimum Gasteiger partial charge on any atom is -0.433 e. The first kappa shape index (κ1) is 23.7. The van der Waals surface area contributed by atoms with Gasteiger partial charge in [-0.25, -0.2) is 9.55 Å². The quantitative estimate of drug-likeness (QED) is 0.250. The maximum atomic E-state index is 6.84. The van der Waals surface area contributed by atoms with Crippen molar-refractivity contribution in [2.75, 3.05) is 4.90 Å². The van der Waals surface area contributed by atoms with E-state index in [1.54, 1.807) is 0 Å². The Balaban J connectivity index is 1.77. The zero-order valence-corrected chi connectivity index (χ0v) is 23.0. The van der Waals surface area contributed by atoms with E-state index in [0.29, 0.717) is 5.88 Å². The molecule has 6 heteroatoms. The van der Waals surface area contributed by atoms with Crippen molar-refractivity contribution in [1.82, 2.24) is 9.97 Å². The first-order chi connectivity index (χ1) is 17.5. The highest BCUT2D eigenvalue weighted by atomic mass is 16.5. The van der Waals surface area contributed by atoms with Gasteiger partial charge in [-0.05, 0) is 36.0 Å². The van der Waals surface area contributed by atoms with Crippen LogP contribution in [-0.4, -0.2) is 16.7 Å². The highest BCUT2D eigenvalue weighted by Gasteiger charge is 2.51. The minimum absolute atomic E-state index is 0.0359. The van der Waals surface area contributed by atoms with Crippen LogP contribution in [0.15, 0.2) is 60.8 Å². The Morgan fingerprint density at radius 3 is 2.24 bits per heavy atom. The van der Waals surface area contributed by atoms with Crippen LogP contribution in [0.2, 0.25) is 0 Å². The van der Waals surface area contributed by atoms with Gasteiger partial charge >= 0.3 is 6.71 Å². The number of nitrogens with zero attached hydrogens (tertiary/aromatic N) is 4. The summed E-state index contributed by atoms with van der Waals surface area (Å²) in [5, 5.41) is 0. The highest BCUT2D eigenvalue weighted by Crippen LogP contribution is 2.41. The first-order valence-electron chi connectivity index (χ1n) is 13.0. The van der Waals surface area contributed by atoms with Gasteiger partial charge in [0.05, 0.1) is 0 Å². The molecule has 186 valence electrons. The second kappa shape index (κ2) is 7.91. The smallest absolute Gasteiger partial charge is 0.343 e. The number of pyridine rings is 1. The number of aryl methyl sites for hydroxylation is 2. The third-order valence-corrected chi connectivity index (χ3v) is 7.51. The fourth-order valence-electron chi connectivity index (χ4n) is 5.65. The number of fused-ring (bicyclic) bond motifs is 4. The normalized spacial score (nSPS) is 14.1. The Hall–Kier alpha value is -3.67. The number of benzene rings is 2. The minimum atomic E-state index is -0.242. The lowest BCUT2D eigenvalue weighted by molar-refractivity contribution is -0.654. The van der Waals surface area contributed by atoms with Crippen LogP contribution in [0.3, 0.4) is 0 Å². The van der Waals surface area contributed by atoms with E-state index in [0.717, 1.165) is 39.8 Å². The first-order valence-corrected chi connectivity index (χ1v) is 13.0. The molecule has 0 saturated carbocycles. The number of hydrogen-bond acceptors (Lipinski definition) is 4. The highest BCUT2D eigenvalue weighted by molar-refractivity contribution is 6.98. The SMILES string of the molecule is Cc1cccc2c1B1c3c(nc(C(C)(C)C)nc3N2c2ccccc2)Oc2c(C(C)(C)C)cc[n+](C)c21. The topological polar surface area (TPSA) is 42.1 Å². The van der Waals surface area contributed by atoms with Crippen molar-refractivity contribution >= 4 is 40.4 Å². The van der Waals surface area contributed by atoms with Gasteiger partial charge in [0.2, 0.25) is 5.88 Å². The van der Waals surface area contributed by atoms with Gasteiger partial charge in [-0.15, -0.1) is 0 Å². The van der Waals surface area contributed by atoms with Gasteiger partial charge in [0.15, 0.2) is 17.5 Å². The van der Waals surface area contributed by atoms with Crippen LogP contribution in [0, 0.1) is 6.92 Å². The lowest BCUT2D eigenvalue weighted by Crippen LogP contribution is -2.69. The van der Waals surface area contributed by atoms with Crippen LogP contribution < -0.4 is 30.7 Å². The lowest BCUT2D eigenvalue weighted by atomic mass is 9.35. The molecule has 0 saturated heterocycles. The zero-order valence-electron chi connectivity index (χ0n) is 23.0. The molecular weight excluding hydrogens is 455 g/mol. The summed E-state index contributed by atoms with van der Waals surface area (Å²) < 4.78 is 9.06. The molecule has 2 aliphatic heterocycles. The second-order valence-electron chi connectivity index (χ2n) is 12.4. The predicted octanol–water partition coefficient (Wildman–Crippen LogP) is 4.61. The molecule has 0 bridgehead atoms. The fourth-order valence-corrected chi connectivity index (χ4v) is 5.65. The van der Waals surface area contributed by atoms with Crippen LogP contribution in [0.4, 0.5) is 17.2 Å². The Kier molecular flexibility index (Phi) is 5.07. The van der Waals surface area contributed by atoms with Gasteiger partial charge in [0.25, 0.3) is 0 Å². The number of ether oxygens (including phenoxy) is 1. The number of hydrogen-bond donors (Lipinski definition) is 0. The summed E-state index contributed by atoms with van der Waals surface area (Å²) in [6.45, 7) is 15.4. The summed E-state index contributed by atoms with van der Waals surface area (Å²) in [4.78, 5) is 12.6. The second-order valence-corrected chi connectivity index (χ2v) is 12.4. The zero-order chi connectivity index (χ0) is 26.3. The van der Waals surface area contributed by atoms with E-state index in [9.17, 15) is 0 Å². The van der Waals surface area contributed by atoms with E-state index in [-0.39, 0.29) is 17.5 Å². The van der Waals surface area contributed by atoms with Crippen molar-refractivity contribution in [3.63, 3.8) is 0 Å². The molecular formula is C31H34BN4O+. The number of para-hydroxylation sites is 1. The van der Waals surface area contributed by atoms with Crippen molar-refractivity contribution in [1.29, 1.82) is 0 Å². The van der Waals surface area contributed by atoms with Gasteiger partial charge in [-0.3, -0.25) is 4.90 Å². The van der Waals surface area contributed by atoms with Crippen molar-refractivity contribution in [3.05, 3.63) is 77.7 Å². The average Bonchev–Trinajstić information content (AvgIpc) is 2.83. The molecule has 0 unspecified atom stereocenters. The van der Waals surface area contributed by atoms with Crippen molar-refractivity contribution in [2.45, 2.75) is 59.3 Å². The van der Waals surface area contributed by atoms with E-state index >= 15 is 0 Å². The van der Waals surface area contributed by atoms with E-state index in [4.69, 9.17) is 14.7 Å². The van der Waals surface area contributed by atoms with Crippen LogP contribution in [0.5, 0.6) is 11.6 Å². The molecule has 0 amide bonds. The molecule has 37 heavy (non-hydrogen) atoms. The predicted molar refractivity (Wildman–Crippen MR) is 151 cm³/mol. The molecule has 0 aliphatic carbocycles. The van der Waals surface area contributed by atoms with Gasteiger partial charge in [0.1, 0.15) is 18.7 Å². The average molecular weight is 489 g/mol.